The number of carbonyl (C=O) groups is 4. The molecule has 0 unspecified atom stereocenters. The van der Waals surface area contributed by atoms with Crippen LogP contribution in [0.1, 0.15) is 91.4 Å². The molecule has 1 fully saturated rings. The molecule has 1 aliphatic rings. The molecule has 380 valence electrons. The van der Waals surface area contributed by atoms with Crippen molar-refractivity contribution in [2.75, 3.05) is 16.0 Å². The fourth-order valence-electron chi connectivity index (χ4n) is 7.75. The zero-order valence-corrected chi connectivity index (χ0v) is 44.6. The van der Waals surface area contributed by atoms with E-state index < -0.39 is 24.3 Å². The minimum absolute atomic E-state index is 0.0243. The third-order valence-electron chi connectivity index (χ3n) is 13.1. The van der Waals surface area contributed by atoms with E-state index in [0.717, 1.165) is 66.4 Å². The average Bonchev–Trinajstić information content (AvgIpc) is 3.63. The molecule has 3 amide bonds. The van der Waals surface area contributed by atoms with E-state index >= 15 is 0 Å². The Labute approximate surface area is 449 Å². The van der Waals surface area contributed by atoms with Crippen LogP contribution in [0.4, 0.5) is 17.1 Å². The van der Waals surface area contributed by atoms with Crippen molar-refractivity contribution in [1.29, 1.82) is 0 Å². The lowest BCUT2D eigenvalue weighted by Crippen LogP contribution is -2.41. The van der Waals surface area contributed by atoms with Gasteiger partial charge in [-0.15, -0.1) is 0 Å². The molecule has 0 atom stereocenters. The first-order valence-electron chi connectivity index (χ1n) is 24.3. The summed E-state index contributed by atoms with van der Waals surface area (Å²) in [5, 5.41) is 19.4. The largest absolute Gasteiger partial charge is 0.494 e. The molecule has 8 aromatic rings. The van der Waals surface area contributed by atoms with Crippen LogP contribution in [0.15, 0.2) is 182 Å². The molecule has 1 aliphatic heterocycles. The van der Waals surface area contributed by atoms with Crippen LogP contribution in [-0.4, -0.2) is 47.1 Å². The van der Waals surface area contributed by atoms with Gasteiger partial charge in [0, 0.05) is 38.1 Å². The molecule has 10 nitrogen and oxygen atoms in total. The Morgan fingerprint density at radius 1 is 0.427 bits per heavy atom. The highest BCUT2D eigenvalue weighted by Crippen LogP contribution is 2.37. The van der Waals surface area contributed by atoms with E-state index in [9.17, 15) is 24.3 Å². The summed E-state index contributed by atoms with van der Waals surface area (Å²) in [4.78, 5) is 48.7. The summed E-state index contributed by atoms with van der Waals surface area (Å²) < 4.78 is 12.2. The first-order chi connectivity index (χ1) is 35.7. The zero-order chi connectivity index (χ0) is 54.0. The highest BCUT2D eigenvalue weighted by atomic mass is 35.5. The number of hydrogen-bond donors (Lipinski definition) is 4. The summed E-state index contributed by atoms with van der Waals surface area (Å²) in [5.74, 6) is -1.72. The first kappa shape index (κ1) is 55.0. The molecule has 1 saturated heterocycles. The Balaban J connectivity index is 0.000000164. The molecule has 4 N–H and O–H groups in total. The number of aryl methyl sites for hydroxylation is 4. The van der Waals surface area contributed by atoms with Crippen molar-refractivity contribution >= 4 is 76.5 Å². The van der Waals surface area contributed by atoms with Crippen LogP contribution in [0, 0.1) is 27.7 Å². The maximum atomic E-state index is 12.4. The summed E-state index contributed by atoms with van der Waals surface area (Å²) >= 11 is 12.4. The van der Waals surface area contributed by atoms with E-state index in [2.05, 4.69) is 16.0 Å². The lowest BCUT2D eigenvalue weighted by atomic mass is 9.78. The number of aromatic carboxylic acids is 1. The van der Waals surface area contributed by atoms with Crippen molar-refractivity contribution in [3.63, 3.8) is 0 Å². The van der Waals surface area contributed by atoms with Crippen molar-refractivity contribution in [1.82, 2.24) is 0 Å². The molecular formula is C62H58BCl2N3O7. The van der Waals surface area contributed by atoms with Gasteiger partial charge in [0.2, 0.25) is 0 Å². The van der Waals surface area contributed by atoms with Crippen LogP contribution in [0.25, 0.3) is 22.3 Å². The van der Waals surface area contributed by atoms with E-state index in [1.54, 1.807) is 66.7 Å². The molecule has 0 bridgehead atoms. The van der Waals surface area contributed by atoms with Crippen molar-refractivity contribution in [2.24, 2.45) is 0 Å². The van der Waals surface area contributed by atoms with Gasteiger partial charge in [-0.25, -0.2) is 4.79 Å². The molecule has 0 aliphatic carbocycles. The van der Waals surface area contributed by atoms with Gasteiger partial charge in [-0.05, 0) is 178 Å². The SMILES string of the molecule is Cc1ccc(-c2ccc(C(=O)O)c(NC(=O)c3ccccc3)c2)cc1Cl.Cc1ccc(-c2ccc(C)c(NC(=O)c3ccccc3)c2)cc1Cl.Cc1ccc(B2OC(C)(C)C(C)(C)O2)cc1NC(=O)c1ccccc1. The second-order valence-electron chi connectivity index (χ2n) is 19.1. The predicted octanol–water partition coefficient (Wildman–Crippen LogP) is 14.7. The Morgan fingerprint density at radius 3 is 1.16 bits per heavy atom. The second kappa shape index (κ2) is 24.0. The van der Waals surface area contributed by atoms with Gasteiger partial charge in [-0.3, -0.25) is 14.4 Å². The number of carbonyl (C=O) groups excluding carboxylic acids is 3. The summed E-state index contributed by atoms with van der Waals surface area (Å²) in [6, 6.07) is 55.3. The standard InChI is InChI=1S/C21H16ClNO3.C21H18ClNO.C20H24BNO3/c1-13-7-8-15(11-18(13)22)16-9-10-17(21(25)26)19(12-16)23-20(24)14-5-3-2-4-6-14;1-14-8-10-17(12-19(14)22)18-11-9-15(2)20(13-18)23-21(24)16-6-4-3-5-7-16;1-14-11-12-16(21-24-19(2,3)20(4,5)25-21)13-17(14)22-18(23)15-9-7-6-8-10-15/h2-12H,1H3,(H,23,24)(H,25,26);3-13H,1-2H3,(H,23,24);6-13H,1-5H3,(H,22,23). The van der Waals surface area contributed by atoms with Crippen molar-refractivity contribution in [2.45, 2.75) is 66.6 Å². The van der Waals surface area contributed by atoms with E-state index in [0.29, 0.717) is 21.7 Å². The zero-order valence-electron chi connectivity index (χ0n) is 43.1. The topological polar surface area (TPSA) is 143 Å². The van der Waals surface area contributed by atoms with Crippen molar-refractivity contribution < 1.29 is 33.6 Å². The number of amides is 3. The van der Waals surface area contributed by atoms with Crippen LogP contribution in [0.2, 0.25) is 10.0 Å². The van der Waals surface area contributed by atoms with Crippen LogP contribution in [0.3, 0.4) is 0 Å². The Morgan fingerprint density at radius 2 is 0.760 bits per heavy atom. The minimum Gasteiger partial charge on any atom is -0.478 e. The van der Waals surface area contributed by atoms with E-state index in [1.807, 2.05) is 165 Å². The third-order valence-corrected chi connectivity index (χ3v) is 14.0. The lowest BCUT2D eigenvalue weighted by molar-refractivity contribution is 0.00578. The van der Waals surface area contributed by atoms with Gasteiger partial charge in [0.15, 0.2) is 0 Å². The number of carboxylic acids is 1. The number of hydrogen-bond acceptors (Lipinski definition) is 6. The summed E-state index contributed by atoms with van der Waals surface area (Å²) in [7, 11) is -0.446. The number of carboxylic acid groups (broad SMARTS) is 1. The highest BCUT2D eigenvalue weighted by Gasteiger charge is 2.51. The van der Waals surface area contributed by atoms with Gasteiger partial charge in [0.05, 0.1) is 22.5 Å². The highest BCUT2D eigenvalue weighted by molar-refractivity contribution is 6.62. The van der Waals surface area contributed by atoms with E-state index in [-0.39, 0.29) is 29.0 Å². The Kier molecular flexibility index (Phi) is 17.6. The molecule has 9 rings (SSSR count). The summed E-state index contributed by atoms with van der Waals surface area (Å²) in [6.45, 7) is 15.9. The molecule has 0 saturated carbocycles. The molecule has 8 aromatic carbocycles. The number of rotatable bonds is 10. The van der Waals surface area contributed by atoms with Crippen LogP contribution >= 0.6 is 23.2 Å². The van der Waals surface area contributed by atoms with Gasteiger partial charge in [0.25, 0.3) is 17.7 Å². The van der Waals surface area contributed by atoms with Gasteiger partial charge in [-0.2, -0.15) is 0 Å². The van der Waals surface area contributed by atoms with Gasteiger partial charge >= 0.3 is 13.1 Å². The maximum Gasteiger partial charge on any atom is 0.494 e. The average molecular weight is 1040 g/mol. The fraction of sp³-hybridized carbons (Fsp3) is 0.161. The van der Waals surface area contributed by atoms with Gasteiger partial charge in [-0.1, -0.05) is 132 Å². The van der Waals surface area contributed by atoms with Crippen molar-refractivity contribution in [3.8, 4) is 22.3 Å². The molecule has 0 radical (unpaired) electrons. The third kappa shape index (κ3) is 13.9. The van der Waals surface area contributed by atoms with Crippen molar-refractivity contribution in [3.05, 3.63) is 237 Å². The molecule has 13 heteroatoms. The molecule has 1 heterocycles. The van der Waals surface area contributed by atoms with E-state index in [4.69, 9.17) is 32.5 Å². The fourth-order valence-corrected chi connectivity index (χ4v) is 8.11. The molecule has 0 spiro atoms. The maximum absolute atomic E-state index is 12.4. The lowest BCUT2D eigenvalue weighted by Gasteiger charge is -2.32. The van der Waals surface area contributed by atoms with E-state index in [1.165, 1.54) is 6.07 Å². The number of halogens is 2. The van der Waals surface area contributed by atoms with Crippen LogP contribution in [-0.2, 0) is 9.31 Å². The number of nitrogens with one attached hydrogen (secondary N) is 3. The van der Waals surface area contributed by atoms with Crippen LogP contribution in [0.5, 0.6) is 0 Å². The molecule has 0 aromatic heterocycles. The smallest absolute Gasteiger partial charge is 0.478 e. The van der Waals surface area contributed by atoms with Gasteiger partial charge < -0.3 is 30.4 Å². The quantitative estimate of drug-likeness (QED) is 0.0999. The second-order valence-corrected chi connectivity index (χ2v) is 20.0. The normalized spacial score (nSPS) is 13.0. The number of benzene rings is 8. The minimum atomic E-state index is -1.11. The monoisotopic (exact) mass is 1040 g/mol. The first-order valence-corrected chi connectivity index (χ1v) is 25.0. The molecular weight excluding hydrogens is 980 g/mol. The summed E-state index contributed by atoms with van der Waals surface area (Å²) in [5.41, 5.74) is 11.3. The van der Waals surface area contributed by atoms with Crippen LogP contribution < -0.4 is 21.4 Å². The number of anilines is 3. The Hall–Kier alpha value is -7.80. The summed E-state index contributed by atoms with van der Waals surface area (Å²) in [6.07, 6.45) is 0. The Bertz CT molecular complexity index is 3350. The molecule has 75 heavy (non-hydrogen) atoms. The predicted molar refractivity (Wildman–Crippen MR) is 305 cm³/mol. The van der Waals surface area contributed by atoms with Gasteiger partial charge in [0.1, 0.15) is 0 Å².